The van der Waals surface area contributed by atoms with Crippen molar-refractivity contribution in [2.45, 2.75) is 6.92 Å². The molecule has 0 aromatic heterocycles. The van der Waals surface area contributed by atoms with Gasteiger partial charge in [-0.1, -0.05) is 0 Å². The molecule has 0 aliphatic carbocycles. The molecule has 1 aliphatic heterocycles. The number of ether oxygens (including phenoxy) is 1. The molecule has 0 atom stereocenters. The van der Waals surface area contributed by atoms with Gasteiger partial charge in [0.05, 0.1) is 12.5 Å². The number of carbonyl (C=O) groups excluding carboxylic acids is 1. The fourth-order valence-corrected chi connectivity index (χ4v) is 0.542. The van der Waals surface area contributed by atoms with Gasteiger partial charge >= 0.3 is 0 Å². The summed E-state index contributed by atoms with van der Waals surface area (Å²) in [6, 6.07) is 0. The van der Waals surface area contributed by atoms with Gasteiger partial charge in [-0.15, -0.1) is 0 Å². The summed E-state index contributed by atoms with van der Waals surface area (Å²) in [5.74, 6) is -0.455. The van der Waals surface area contributed by atoms with Crippen LogP contribution in [-0.4, -0.2) is 28.2 Å². The number of hydrogen-bond acceptors (Lipinski definition) is 2. The molecule has 10 heavy (non-hydrogen) atoms. The van der Waals surface area contributed by atoms with E-state index >= 15 is 0 Å². The SMILES string of the molecule is CC(=O)[N-][N+]1=C(O)CO[CH-]1. The Balaban J connectivity index is 2.54. The lowest BCUT2D eigenvalue weighted by atomic mass is 10.7. The van der Waals surface area contributed by atoms with E-state index in [1.165, 1.54) is 13.7 Å². The first kappa shape index (κ1) is 6.88. The second kappa shape index (κ2) is 2.57. The molecule has 0 radical (unpaired) electrons. The highest BCUT2D eigenvalue weighted by Crippen LogP contribution is 2.02. The molecule has 0 aromatic carbocycles. The highest BCUT2D eigenvalue weighted by atomic mass is 16.5. The summed E-state index contributed by atoms with van der Waals surface area (Å²) in [5, 5.41) is 8.88. The number of aliphatic hydroxyl groups excluding tert-OH is 1. The molecule has 0 bridgehead atoms. The van der Waals surface area contributed by atoms with Crippen LogP contribution >= 0.6 is 0 Å². The van der Waals surface area contributed by atoms with E-state index in [9.17, 15) is 4.79 Å². The molecule has 5 heteroatoms. The molecule has 1 aliphatic rings. The summed E-state index contributed by atoms with van der Waals surface area (Å²) >= 11 is 0. The van der Waals surface area contributed by atoms with Gasteiger partial charge in [0.1, 0.15) is 6.73 Å². The molecule has 0 aromatic rings. The van der Waals surface area contributed by atoms with Crippen molar-refractivity contribution in [1.29, 1.82) is 0 Å². The predicted octanol–water partition coefficient (Wildman–Crippen LogP) is -0.0599. The minimum absolute atomic E-state index is 0.0739. The maximum absolute atomic E-state index is 10.3. The zero-order valence-corrected chi connectivity index (χ0v) is 5.44. The van der Waals surface area contributed by atoms with Crippen molar-refractivity contribution in [3.05, 3.63) is 12.2 Å². The van der Waals surface area contributed by atoms with Gasteiger partial charge in [0.25, 0.3) is 0 Å². The summed E-state index contributed by atoms with van der Waals surface area (Å²) in [5.41, 5.74) is 3.38. The normalized spacial score (nSPS) is 16.9. The van der Waals surface area contributed by atoms with Gasteiger partial charge in [-0.05, 0) is 6.92 Å². The highest BCUT2D eigenvalue weighted by molar-refractivity contribution is 5.85. The number of rotatable bonds is 1. The first-order valence-corrected chi connectivity index (χ1v) is 2.71. The molecule has 0 spiro atoms. The summed E-state index contributed by atoms with van der Waals surface area (Å²) in [6.45, 7) is 2.55. The average molecular weight is 143 g/mol. The lowest BCUT2D eigenvalue weighted by molar-refractivity contribution is -0.456. The largest absolute Gasteiger partial charge is 0.546 e. The molecule has 5 nitrogen and oxygen atoms in total. The van der Waals surface area contributed by atoms with E-state index in [1.807, 2.05) is 0 Å². The van der Waals surface area contributed by atoms with Crippen molar-refractivity contribution in [2.24, 2.45) is 0 Å². The van der Waals surface area contributed by atoms with Crippen LogP contribution in [0.1, 0.15) is 6.92 Å². The molecular weight excluding hydrogens is 136 g/mol. The first-order chi connectivity index (χ1) is 4.70. The van der Waals surface area contributed by atoms with E-state index in [-0.39, 0.29) is 18.4 Å². The highest BCUT2D eigenvalue weighted by Gasteiger charge is 2.05. The summed E-state index contributed by atoms with van der Waals surface area (Å²) < 4.78 is 5.64. The Hall–Kier alpha value is -1.23. The summed E-state index contributed by atoms with van der Waals surface area (Å²) in [7, 11) is 0. The van der Waals surface area contributed by atoms with Gasteiger partial charge in [0.2, 0.25) is 5.90 Å². The fourth-order valence-electron chi connectivity index (χ4n) is 0.542. The molecule has 1 rings (SSSR count). The van der Waals surface area contributed by atoms with Crippen LogP contribution in [0.5, 0.6) is 0 Å². The summed E-state index contributed by atoms with van der Waals surface area (Å²) in [6.07, 6.45) is 0. The third-order valence-electron chi connectivity index (χ3n) is 0.900. The Morgan fingerprint density at radius 3 is 3.10 bits per heavy atom. The fraction of sp³-hybridized carbons (Fsp3) is 0.400. The van der Waals surface area contributed by atoms with Gasteiger partial charge in [-0.25, -0.2) is 0 Å². The van der Waals surface area contributed by atoms with Crippen LogP contribution in [-0.2, 0) is 9.53 Å². The topological polar surface area (TPSA) is 63.6 Å². The lowest BCUT2D eigenvalue weighted by Crippen LogP contribution is -2.11. The van der Waals surface area contributed by atoms with E-state index in [2.05, 4.69) is 10.2 Å². The molecular formula is C5H7N2O3-. The van der Waals surface area contributed by atoms with Crippen LogP contribution in [0.4, 0.5) is 0 Å². The molecule has 1 amide bonds. The van der Waals surface area contributed by atoms with Crippen molar-refractivity contribution in [1.82, 2.24) is 0 Å². The van der Waals surface area contributed by atoms with Crippen molar-refractivity contribution >= 4 is 11.8 Å². The first-order valence-electron chi connectivity index (χ1n) is 2.71. The maximum Gasteiger partial charge on any atom is 0.212 e. The van der Waals surface area contributed by atoms with E-state index in [0.29, 0.717) is 0 Å². The quantitative estimate of drug-likeness (QED) is 0.413. The van der Waals surface area contributed by atoms with E-state index < -0.39 is 0 Å². The van der Waals surface area contributed by atoms with Crippen LogP contribution < -0.4 is 0 Å². The molecule has 1 N–H and O–H groups in total. The minimum atomic E-state index is -0.381. The maximum atomic E-state index is 10.3. The average Bonchev–Trinajstić information content (AvgIpc) is 2.15. The van der Waals surface area contributed by atoms with E-state index in [0.717, 1.165) is 4.68 Å². The van der Waals surface area contributed by atoms with Crippen molar-refractivity contribution < 1.29 is 19.3 Å². The molecule has 0 fully saturated rings. The van der Waals surface area contributed by atoms with Crippen LogP contribution in [0, 0.1) is 6.73 Å². The molecule has 0 unspecified atom stereocenters. The second-order valence-electron chi connectivity index (χ2n) is 1.80. The lowest BCUT2D eigenvalue weighted by Gasteiger charge is -2.15. The van der Waals surface area contributed by atoms with Crippen LogP contribution in [0.2, 0.25) is 0 Å². The Morgan fingerprint density at radius 2 is 2.70 bits per heavy atom. The zero-order chi connectivity index (χ0) is 7.56. The van der Waals surface area contributed by atoms with E-state index in [4.69, 9.17) is 5.11 Å². The molecule has 1 heterocycles. The molecule has 56 valence electrons. The second-order valence-corrected chi connectivity index (χ2v) is 1.80. The van der Waals surface area contributed by atoms with Crippen molar-refractivity contribution in [3.8, 4) is 0 Å². The third kappa shape index (κ3) is 1.38. The molecule has 0 saturated heterocycles. The standard InChI is InChI=1S/C5H7N2O3/c1-4(8)6-7-3-10-2-5(7)9/h3H,2H2,1H3,(H-,6,8,9)/q-1. The van der Waals surface area contributed by atoms with E-state index in [1.54, 1.807) is 0 Å². The van der Waals surface area contributed by atoms with Gasteiger partial charge < -0.3 is 24.7 Å². The number of hydrogen-bond donors (Lipinski definition) is 1. The van der Waals surface area contributed by atoms with Gasteiger partial charge in [0, 0.05) is 0 Å². The van der Waals surface area contributed by atoms with Gasteiger partial charge in [-0.3, -0.25) is 0 Å². The Bertz CT molecular complexity index is 187. The van der Waals surface area contributed by atoms with Crippen LogP contribution in [0.25, 0.3) is 5.43 Å². The third-order valence-corrected chi connectivity index (χ3v) is 0.900. The smallest absolute Gasteiger partial charge is 0.212 e. The number of nitrogens with zero attached hydrogens (tertiary/aromatic N) is 2. The molecule has 0 saturated carbocycles. The number of amides is 1. The van der Waals surface area contributed by atoms with Gasteiger partial charge in [0.15, 0.2) is 0 Å². The monoisotopic (exact) mass is 143 g/mol. The Morgan fingerprint density at radius 1 is 2.00 bits per heavy atom. The van der Waals surface area contributed by atoms with Crippen LogP contribution in [0.3, 0.4) is 0 Å². The summed E-state index contributed by atoms with van der Waals surface area (Å²) in [4.78, 5) is 10.3. The van der Waals surface area contributed by atoms with Gasteiger partial charge in [-0.2, -0.15) is 0 Å². The van der Waals surface area contributed by atoms with Crippen molar-refractivity contribution in [2.75, 3.05) is 6.61 Å². The Kier molecular flexibility index (Phi) is 1.77. The predicted molar refractivity (Wildman–Crippen MR) is 32.2 cm³/mol. The Labute approximate surface area is 57.9 Å². The minimum Gasteiger partial charge on any atom is -0.546 e. The number of carbonyl (C=O) groups is 1. The van der Waals surface area contributed by atoms with Crippen molar-refractivity contribution in [3.63, 3.8) is 0 Å². The zero-order valence-electron chi connectivity index (χ0n) is 5.44. The van der Waals surface area contributed by atoms with Crippen LogP contribution in [0.15, 0.2) is 0 Å². The number of aliphatic hydroxyl groups is 1.